The second-order valence-corrected chi connectivity index (χ2v) is 11.2. The van der Waals surface area contributed by atoms with Gasteiger partial charge in [-0.15, -0.1) is 0 Å². The molecule has 0 bridgehead atoms. The summed E-state index contributed by atoms with van der Waals surface area (Å²) in [6.45, 7) is 11.6. The predicted molar refractivity (Wildman–Crippen MR) is 146 cm³/mol. The molecule has 1 fully saturated rings. The summed E-state index contributed by atoms with van der Waals surface area (Å²) in [6, 6.07) is 12.6. The first kappa shape index (κ1) is 29.0. The normalized spacial score (nSPS) is 21.3. The minimum Gasteiger partial charge on any atom is -0.486 e. The van der Waals surface area contributed by atoms with E-state index < -0.39 is 17.7 Å². The van der Waals surface area contributed by atoms with E-state index in [2.05, 4.69) is 17.6 Å². The predicted octanol–water partition coefficient (Wildman–Crippen LogP) is 6.04. The van der Waals surface area contributed by atoms with Gasteiger partial charge in [0, 0.05) is 12.0 Å². The number of alkyl carbamates (subject to hydrolysis) is 1. The van der Waals surface area contributed by atoms with Gasteiger partial charge in [-0.1, -0.05) is 51.1 Å². The van der Waals surface area contributed by atoms with Gasteiger partial charge in [0.15, 0.2) is 5.75 Å². The van der Waals surface area contributed by atoms with Crippen molar-refractivity contribution in [1.82, 2.24) is 5.32 Å². The monoisotopic (exact) mass is 524 g/mol. The van der Waals surface area contributed by atoms with Crippen molar-refractivity contribution in [2.45, 2.75) is 79.1 Å². The number of aryl methyl sites for hydroxylation is 1. The number of carbonyl (C=O) groups is 3. The van der Waals surface area contributed by atoms with Crippen molar-refractivity contribution >= 4 is 23.7 Å². The van der Waals surface area contributed by atoms with Gasteiger partial charge in [0.2, 0.25) is 5.91 Å². The lowest BCUT2D eigenvalue weighted by Gasteiger charge is -2.38. The van der Waals surface area contributed by atoms with Crippen LogP contribution in [0.15, 0.2) is 42.5 Å². The van der Waals surface area contributed by atoms with E-state index in [-0.39, 0.29) is 47.6 Å². The fraction of sp³-hybridized carbons (Fsp3) is 0.500. The number of hydrogen-bond acceptors (Lipinski definition) is 5. The first-order valence-electron chi connectivity index (χ1n) is 13.2. The largest absolute Gasteiger partial charge is 0.486 e. The molecule has 0 radical (unpaired) electrons. The summed E-state index contributed by atoms with van der Waals surface area (Å²) in [6.07, 6.45) is 1.31. The Labute approximate surface area is 225 Å². The van der Waals surface area contributed by atoms with Crippen LogP contribution in [0.1, 0.15) is 75.9 Å². The number of anilines is 1. The van der Waals surface area contributed by atoms with E-state index in [0.29, 0.717) is 18.5 Å². The highest BCUT2D eigenvalue weighted by Gasteiger charge is 2.38. The lowest BCUT2D eigenvalue weighted by atomic mass is 9.72. The SMILES string of the molecule is CCc1cc(NC(=O)[C@@H]2C[C@H](NC(=O)OC(C)(C)C)[C@@H](C)C[C@H]2C)c(OCc2ccccc2)c(C(=O)O)c1. The number of nitrogens with one attached hydrogen (secondary N) is 2. The molecule has 0 spiro atoms. The molecule has 2 aromatic rings. The number of carbonyl (C=O) groups excluding carboxylic acids is 2. The van der Waals surface area contributed by atoms with E-state index in [1.807, 2.05) is 65.0 Å². The van der Waals surface area contributed by atoms with Crippen molar-refractivity contribution in [3.05, 3.63) is 59.2 Å². The van der Waals surface area contributed by atoms with Crippen molar-refractivity contribution in [1.29, 1.82) is 0 Å². The quantitative estimate of drug-likeness (QED) is 0.388. The fourth-order valence-corrected chi connectivity index (χ4v) is 4.93. The van der Waals surface area contributed by atoms with Gasteiger partial charge in [-0.3, -0.25) is 4.79 Å². The third-order valence-electron chi connectivity index (χ3n) is 6.94. The van der Waals surface area contributed by atoms with Gasteiger partial charge in [-0.2, -0.15) is 0 Å². The molecule has 3 rings (SSSR count). The maximum Gasteiger partial charge on any atom is 0.407 e. The van der Waals surface area contributed by atoms with Crippen molar-refractivity contribution in [3.63, 3.8) is 0 Å². The van der Waals surface area contributed by atoms with Crippen molar-refractivity contribution < 1.29 is 29.0 Å². The molecule has 0 aliphatic heterocycles. The minimum atomic E-state index is -1.12. The standard InChI is InChI=1S/C30H40N2O6/c1-7-20-14-23(28(34)35)26(37-17-21-11-9-8-10-12-21)25(15-20)31-27(33)22-16-24(19(3)13-18(22)2)32-29(36)38-30(4,5)6/h8-12,14-15,18-19,22,24H,7,13,16-17H2,1-6H3,(H,31,33)(H,32,36)(H,34,35)/t18-,19+,22-,24+/m1/s1. The zero-order chi connectivity index (χ0) is 28.0. The molecule has 0 saturated heterocycles. The molecular formula is C30H40N2O6. The van der Waals surface area contributed by atoms with Crippen LogP contribution in [0, 0.1) is 17.8 Å². The molecule has 1 saturated carbocycles. The Kier molecular flexibility index (Phi) is 9.41. The molecule has 0 aromatic heterocycles. The summed E-state index contributed by atoms with van der Waals surface area (Å²) < 4.78 is 11.4. The summed E-state index contributed by atoms with van der Waals surface area (Å²) in [4.78, 5) is 38.1. The minimum absolute atomic E-state index is 0.00497. The van der Waals surface area contributed by atoms with Crippen LogP contribution in [0.25, 0.3) is 0 Å². The molecule has 206 valence electrons. The van der Waals surface area contributed by atoms with Gasteiger partial charge in [-0.25, -0.2) is 9.59 Å². The molecule has 4 atom stereocenters. The highest BCUT2D eigenvalue weighted by molar-refractivity contribution is 5.99. The number of hydrogen-bond donors (Lipinski definition) is 3. The highest BCUT2D eigenvalue weighted by Crippen LogP contribution is 2.37. The molecule has 0 unspecified atom stereocenters. The maximum absolute atomic E-state index is 13.6. The van der Waals surface area contributed by atoms with Crippen LogP contribution < -0.4 is 15.4 Å². The number of carboxylic acid groups (broad SMARTS) is 1. The van der Waals surface area contributed by atoms with Crippen molar-refractivity contribution in [2.75, 3.05) is 5.32 Å². The smallest absolute Gasteiger partial charge is 0.407 e. The lowest BCUT2D eigenvalue weighted by molar-refractivity contribution is -0.123. The first-order chi connectivity index (χ1) is 17.9. The van der Waals surface area contributed by atoms with Gasteiger partial charge in [0.1, 0.15) is 17.8 Å². The summed E-state index contributed by atoms with van der Waals surface area (Å²) >= 11 is 0. The van der Waals surface area contributed by atoms with Crippen LogP contribution in [-0.2, 0) is 22.6 Å². The highest BCUT2D eigenvalue weighted by atomic mass is 16.6. The molecule has 2 amide bonds. The third-order valence-corrected chi connectivity index (χ3v) is 6.94. The second-order valence-electron chi connectivity index (χ2n) is 11.2. The Bertz CT molecular complexity index is 1140. The summed E-state index contributed by atoms with van der Waals surface area (Å²) in [7, 11) is 0. The lowest BCUT2D eigenvalue weighted by Crippen LogP contribution is -2.49. The van der Waals surface area contributed by atoms with Crippen LogP contribution in [0.4, 0.5) is 10.5 Å². The Morgan fingerprint density at radius 2 is 1.68 bits per heavy atom. The molecular weight excluding hydrogens is 484 g/mol. The van der Waals surface area contributed by atoms with Crippen LogP contribution in [0.2, 0.25) is 0 Å². The van der Waals surface area contributed by atoms with Gasteiger partial charge in [0.25, 0.3) is 0 Å². The molecule has 8 nitrogen and oxygen atoms in total. The Morgan fingerprint density at radius 3 is 2.29 bits per heavy atom. The van der Waals surface area contributed by atoms with Gasteiger partial charge < -0.3 is 25.2 Å². The van der Waals surface area contributed by atoms with Gasteiger partial charge in [-0.05, 0) is 75.1 Å². The molecule has 1 aliphatic rings. The van der Waals surface area contributed by atoms with Crippen LogP contribution in [-0.4, -0.2) is 34.7 Å². The van der Waals surface area contributed by atoms with Crippen LogP contribution in [0.5, 0.6) is 5.75 Å². The van der Waals surface area contributed by atoms with E-state index in [0.717, 1.165) is 17.5 Å². The molecule has 2 aromatic carbocycles. The van der Waals surface area contributed by atoms with Gasteiger partial charge >= 0.3 is 12.1 Å². The van der Waals surface area contributed by atoms with Crippen molar-refractivity contribution in [3.8, 4) is 5.75 Å². The topological polar surface area (TPSA) is 114 Å². The zero-order valence-electron chi connectivity index (χ0n) is 23.2. The van der Waals surface area contributed by atoms with Gasteiger partial charge in [0.05, 0.1) is 5.69 Å². The number of benzene rings is 2. The Hall–Kier alpha value is -3.55. The van der Waals surface area contributed by atoms with Crippen molar-refractivity contribution in [2.24, 2.45) is 17.8 Å². The van der Waals surface area contributed by atoms with E-state index in [4.69, 9.17) is 9.47 Å². The maximum atomic E-state index is 13.6. The molecule has 8 heteroatoms. The van der Waals surface area contributed by atoms with Crippen LogP contribution >= 0.6 is 0 Å². The number of carboxylic acids is 1. The van der Waals surface area contributed by atoms with E-state index in [1.165, 1.54) is 0 Å². The fourth-order valence-electron chi connectivity index (χ4n) is 4.93. The Balaban J connectivity index is 1.84. The van der Waals surface area contributed by atoms with E-state index >= 15 is 0 Å². The first-order valence-corrected chi connectivity index (χ1v) is 13.2. The number of aromatic carboxylic acids is 1. The molecule has 38 heavy (non-hydrogen) atoms. The number of ether oxygens (including phenoxy) is 2. The average Bonchev–Trinajstić information content (AvgIpc) is 2.83. The molecule has 3 N–H and O–H groups in total. The third kappa shape index (κ3) is 7.73. The molecule has 1 aliphatic carbocycles. The number of rotatable bonds is 8. The Morgan fingerprint density at radius 1 is 1.00 bits per heavy atom. The summed E-state index contributed by atoms with van der Waals surface area (Å²) in [5.41, 5.74) is 1.38. The molecule has 0 heterocycles. The number of amides is 2. The average molecular weight is 525 g/mol. The second kappa shape index (κ2) is 12.3. The summed E-state index contributed by atoms with van der Waals surface area (Å²) in [5, 5.41) is 15.8. The van der Waals surface area contributed by atoms with E-state index in [1.54, 1.807) is 12.1 Å². The van der Waals surface area contributed by atoms with E-state index in [9.17, 15) is 19.5 Å². The summed E-state index contributed by atoms with van der Waals surface area (Å²) in [5.74, 6) is -1.36. The van der Waals surface area contributed by atoms with Crippen LogP contribution in [0.3, 0.4) is 0 Å². The zero-order valence-corrected chi connectivity index (χ0v) is 23.2.